The monoisotopic (exact) mass is 390 g/mol. The van der Waals surface area contributed by atoms with Gasteiger partial charge in [0.2, 0.25) is 0 Å². The molecular formula is C24H28N3O2+. The largest absolute Gasteiger partial charge is 0.507 e. The molecule has 0 aromatic heterocycles. The molecule has 29 heavy (non-hydrogen) atoms. The van der Waals surface area contributed by atoms with E-state index in [9.17, 15) is 9.90 Å². The van der Waals surface area contributed by atoms with E-state index in [0.29, 0.717) is 17.7 Å². The molecule has 0 aliphatic carbocycles. The van der Waals surface area contributed by atoms with Crippen LogP contribution in [-0.2, 0) is 0 Å². The average molecular weight is 391 g/mol. The Morgan fingerprint density at radius 2 is 1.76 bits per heavy atom. The van der Waals surface area contributed by atoms with Gasteiger partial charge in [0.05, 0.1) is 31.9 Å². The first-order valence-electron chi connectivity index (χ1n) is 10.1. The van der Waals surface area contributed by atoms with Gasteiger partial charge in [-0.1, -0.05) is 30.3 Å². The molecule has 0 radical (unpaired) electrons. The van der Waals surface area contributed by atoms with Gasteiger partial charge in [-0.2, -0.15) is 0 Å². The van der Waals surface area contributed by atoms with Gasteiger partial charge in [-0.15, -0.1) is 0 Å². The summed E-state index contributed by atoms with van der Waals surface area (Å²) in [6.07, 6.45) is 1.67. The molecule has 0 saturated heterocycles. The second kappa shape index (κ2) is 9.85. The van der Waals surface area contributed by atoms with Crippen molar-refractivity contribution in [3.05, 3.63) is 71.8 Å². The fourth-order valence-corrected chi connectivity index (χ4v) is 3.32. The molecule has 0 aliphatic heterocycles. The van der Waals surface area contributed by atoms with Gasteiger partial charge in [0.25, 0.3) is 5.91 Å². The Morgan fingerprint density at radius 1 is 1.03 bits per heavy atom. The molecule has 0 spiro atoms. The summed E-state index contributed by atoms with van der Waals surface area (Å²) < 4.78 is 0. The van der Waals surface area contributed by atoms with Crippen molar-refractivity contribution >= 4 is 28.6 Å². The van der Waals surface area contributed by atoms with Gasteiger partial charge in [0, 0.05) is 17.3 Å². The van der Waals surface area contributed by atoms with Crippen LogP contribution in [0.4, 0.5) is 5.69 Å². The van der Waals surface area contributed by atoms with Crippen LogP contribution >= 0.6 is 0 Å². The van der Waals surface area contributed by atoms with Gasteiger partial charge in [0.1, 0.15) is 5.75 Å². The molecule has 3 rings (SSSR count). The van der Waals surface area contributed by atoms with Crippen molar-refractivity contribution in [2.75, 3.05) is 26.2 Å². The molecule has 0 fully saturated rings. The molecular weight excluding hydrogens is 362 g/mol. The quantitative estimate of drug-likeness (QED) is 0.518. The van der Waals surface area contributed by atoms with E-state index in [-0.39, 0.29) is 11.7 Å². The van der Waals surface area contributed by atoms with Crippen LogP contribution in [0.25, 0.3) is 10.8 Å². The Morgan fingerprint density at radius 3 is 2.48 bits per heavy atom. The van der Waals surface area contributed by atoms with Gasteiger partial charge < -0.3 is 15.3 Å². The third kappa shape index (κ3) is 5.21. The Bertz CT molecular complexity index is 993. The highest BCUT2D eigenvalue weighted by Gasteiger charge is 2.08. The number of nitrogens with one attached hydrogen (secondary N) is 2. The number of hydrogen-bond donors (Lipinski definition) is 3. The van der Waals surface area contributed by atoms with Crippen molar-refractivity contribution in [2.24, 2.45) is 4.99 Å². The molecule has 5 nitrogen and oxygen atoms in total. The van der Waals surface area contributed by atoms with E-state index >= 15 is 0 Å². The summed E-state index contributed by atoms with van der Waals surface area (Å²) in [5.41, 5.74) is 2.02. The van der Waals surface area contributed by atoms with Crippen LogP contribution in [0.15, 0.2) is 65.7 Å². The number of aromatic hydroxyl groups is 1. The summed E-state index contributed by atoms with van der Waals surface area (Å²) in [4.78, 5) is 18.2. The van der Waals surface area contributed by atoms with Gasteiger partial charge in [-0.3, -0.25) is 9.79 Å². The molecule has 5 heteroatoms. The lowest BCUT2D eigenvalue weighted by molar-refractivity contribution is -0.895. The van der Waals surface area contributed by atoms with Crippen molar-refractivity contribution < 1.29 is 14.8 Å². The maximum Gasteiger partial charge on any atom is 0.251 e. The second-order valence-corrected chi connectivity index (χ2v) is 6.99. The van der Waals surface area contributed by atoms with Crippen LogP contribution in [0, 0.1) is 0 Å². The molecule has 150 valence electrons. The van der Waals surface area contributed by atoms with Crippen LogP contribution in [0.5, 0.6) is 5.75 Å². The zero-order chi connectivity index (χ0) is 20.6. The van der Waals surface area contributed by atoms with Crippen molar-refractivity contribution in [3.63, 3.8) is 0 Å². The van der Waals surface area contributed by atoms with E-state index in [2.05, 4.69) is 24.2 Å². The van der Waals surface area contributed by atoms with E-state index < -0.39 is 0 Å². The highest BCUT2D eigenvalue weighted by molar-refractivity contribution is 6.03. The molecule has 3 aromatic rings. The number of likely N-dealkylation sites (N-methyl/N-ethyl adjacent to an activating group) is 1. The summed E-state index contributed by atoms with van der Waals surface area (Å²) in [5, 5.41) is 15.2. The lowest BCUT2D eigenvalue weighted by Gasteiger charge is -2.15. The Balaban J connectivity index is 1.67. The summed E-state index contributed by atoms with van der Waals surface area (Å²) in [5.74, 6) is 0.123. The predicted molar refractivity (Wildman–Crippen MR) is 119 cm³/mol. The number of hydrogen-bond acceptors (Lipinski definition) is 3. The van der Waals surface area contributed by atoms with Crippen molar-refractivity contribution in [3.8, 4) is 5.75 Å². The number of rotatable bonds is 8. The number of phenols is 1. The predicted octanol–water partition coefficient (Wildman–Crippen LogP) is 2.95. The topological polar surface area (TPSA) is 66.1 Å². The molecule has 0 unspecified atom stereocenters. The van der Waals surface area contributed by atoms with Gasteiger partial charge in [0.15, 0.2) is 0 Å². The van der Waals surface area contributed by atoms with Gasteiger partial charge in [-0.25, -0.2) is 0 Å². The average Bonchev–Trinajstić information content (AvgIpc) is 2.76. The Hall–Kier alpha value is -3.18. The third-order valence-corrected chi connectivity index (χ3v) is 5.18. The number of amides is 1. The summed E-state index contributed by atoms with van der Waals surface area (Å²) in [7, 11) is 0. The molecule has 0 bridgehead atoms. The molecule has 0 aliphatic rings. The Kier molecular flexibility index (Phi) is 6.98. The molecule has 3 N–H and O–H groups in total. The lowest BCUT2D eigenvalue weighted by Crippen LogP contribution is -3.12. The van der Waals surface area contributed by atoms with Gasteiger partial charge in [-0.05, 0) is 55.0 Å². The maximum atomic E-state index is 12.3. The van der Waals surface area contributed by atoms with Crippen LogP contribution in [0.2, 0.25) is 0 Å². The fraction of sp³-hybridized carbons (Fsp3) is 0.250. The molecule has 0 heterocycles. The second-order valence-electron chi connectivity index (χ2n) is 6.99. The number of carbonyl (C=O) groups is 1. The van der Waals surface area contributed by atoms with E-state index in [4.69, 9.17) is 0 Å². The van der Waals surface area contributed by atoms with Crippen LogP contribution < -0.4 is 10.2 Å². The standard InChI is InChI=1S/C24H27N3O2/c1-3-27(4-2)16-15-25-24(29)19-9-12-20(13-10-19)26-17-22-21-8-6-5-7-18(21)11-14-23(22)28/h5-14,17,28H,3-4,15-16H2,1-2H3,(H,25,29)/p+1. The fourth-order valence-electron chi connectivity index (χ4n) is 3.32. The number of benzene rings is 3. The third-order valence-electron chi connectivity index (χ3n) is 5.18. The van der Waals surface area contributed by atoms with E-state index in [0.717, 1.165) is 36.1 Å². The van der Waals surface area contributed by atoms with Crippen LogP contribution in [0.3, 0.4) is 0 Å². The summed E-state index contributed by atoms with van der Waals surface area (Å²) in [6, 6.07) is 18.6. The highest BCUT2D eigenvalue weighted by atomic mass is 16.3. The first-order chi connectivity index (χ1) is 14.1. The van der Waals surface area contributed by atoms with Gasteiger partial charge >= 0.3 is 0 Å². The van der Waals surface area contributed by atoms with E-state index in [1.807, 2.05) is 42.5 Å². The summed E-state index contributed by atoms with van der Waals surface area (Å²) in [6.45, 7) is 8.01. The lowest BCUT2D eigenvalue weighted by atomic mass is 10.0. The smallest absolute Gasteiger partial charge is 0.251 e. The minimum absolute atomic E-state index is 0.0706. The van der Waals surface area contributed by atoms with E-state index in [1.54, 1.807) is 24.4 Å². The summed E-state index contributed by atoms with van der Waals surface area (Å²) >= 11 is 0. The normalized spacial score (nSPS) is 11.4. The first-order valence-corrected chi connectivity index (χ1v) is 10.1. The zero-order valence-electron chi connectivity index (χ0n) is 17.0. The van der Waals surface area contributed by atoms with Crippen molar-refractivity contribution in [1.29, 1.82) is 0 Å². The first kappa shape index (κ1) is 20.6. The number of fused-ring (bicyclic) bond motifs is 1. The SMILES string of the molecule is CC[NH+](CC)CCNC(=O)c1ccc(N=Cc2c(O)ccc3ccccc23)cc1. The van der Waals surface area contributed by atoms with Crippen LogP contribution in [0.1, 0.15) is 29.8 Å². The van der Waals surface area contributed by atoms with Crippen molar-refractivity contribution in [2.45, 2.75) is 13.8 Å². The number of aliphatic imine (C=N–C) groups is 1. The molecule has 0 saturated carbocycles. The minimum Gasteiger partial charge on any atom is -0.507 e. The van der Waals surface area contributed by atoms with Crippen LogP contribution in [-0.4, -0.2) is 43.4 Å². The number of phenolic OH excluding ortho intramolecular Hbond substituents is 1. The molecule has 1 amide bonds. The Labute approximate surface area is 171 Å². The number of quaternary nitrogens is 1. The highest BCUT2D eigenvalue weighted by Crippen LogP contribution is 2.26. The number of nitrogens with zero attached hydrogens (tertiary/aromatic N) is 1. The minimum atomic E-state index is -0.0706. The van der Waals surface area contributed by atoms with Crippen molar-refractivity contribution in [1.82, 2.24) is 5.32 Å². The molecule has 3 aromatic carbocycles. The van der Waals surface area contributed by atoms with E-state index in [1.165, 1.54) is 4.90 Å². The zero-order valence-corrected chi connectivity index (χ0v) is 17.0. The number of carbonyl (C=O) groups excluding carboxylic acids is 1. The molecule has 0 atom stereocenters. The maximum absolute atomic E-state index is 12.3.